The summed E-state index contributed by atoms with van der Waals surface area (Å²) in [5.74, 6) is -0.396. The van der Waals surface area contributed by atoms with Crippen molar-refractivity contribution in [3.05, 3.63) is 28.8 Å². The van der Waals surface area contributed by atoms with Crippen LogP contribution in [0.5, 0.6) is 0 Å². The van der Waals surface area contributed by atoms with Crippen molar-refractivity contribution in [1.29, 1.82) is 0 Å². The lowest BCUT2D eigenvalue weighted by molar-refractivity contribution is -0.126. The molecule has 3 rings (SSSR count). The summed E-state index contributed by atoms with van der Waals surface area (Å²) in [6.07, 6.45) is 0.245. The number of hydrogen-bond acceptors (Lipinski definition) is 4. The molecule has 2 fully saturated rings. The van der Waals surface area contributed by atoms with Crippen LogP contribution in [0.25, 0.3) is 0 Å². The highest BCUT2D eigenvalue weighted by Crippen LogP contribution is 2.28. The fourth-order valence-corrected chi connectivity index (χ4v) is 3.36. The van der Waals surface area contributed by atoms with Crippen molar-refractivity contribution in [2.24, 2.45) is 5.92 Å². The summed E-state index contributed by atoms with van der Waals surface area (Å²) in [5, 5.41) is 3.59. The average Bonchev–Trinajstić information content (AvgIpc) is 3.00. The fraction of sp³-hybridized carbons (Fsp3) is 0.556. The van der Waals surface area contributed by atoms with Crippen molar-refractivity contribution in [2.45, 2.75) is 13.3 Å². The van der Waals surface area contributed by atoms with Crippen LogP contribution in [-0.2, 0) is 14.3 Å². The van der Waals surface area contributed by atoms with E-state index in [0.717, 1.165) is 44.1 Å². The molecule has 6 nitrogen and oxygen atoms in total. The minimum absolute atomic E-state index is 0.0340. The number of rotatable bonds is 5. The maximum absolute atomic E-state index is 12.4. The van der Waals surface area contributed by atoms with Gasteiger partial charge in [0.2, 0.25) is 11.8 Å². The van der Waals surface area contributed by atoms with Crippen LogP contribution in [0.4, 0.5) is 5.69 Å². The number of amides is 2. The molecule has 25 heavy (non-hydrogen) atoms. The molecule has 0 bridgehead atoms. The molecule has 2 amide bonds. The van der Waals surface area contributed by atoms with Gasteiger partial charge < -0.3 is 15.0 Å². The maximum atomic E-state index is 12.4. The van der Waals surface area contributed by atoms with E-state index in [1.54, 1.807) is 11.0 Å². The van der Waals surface area contributed by atoms with E-state index in [1.165, 1.54) is 0 Å². The van der Waals surface area contributed by atoms with Gasteiger partial charge in [0.1, 0.15) is 0 Å². The third kappa shape index (κ3) is 4.51. The Hall–Kier alpha value is -1.63. The Morgan fingerprint density at radius 2 is 2.12 bits per heavy atom. The molecule has 0 radical (unpaired) electrons. The summed E-state index contributed by atoms with van der Waals surface area (Å²) in [7, 11) is 0. The number of carbonyl (C=O) groups is 2. The van der Waals surface area contributed by atoms with Crippen LogP contribution in [0.15, 0.2) is 18.2 Å². The van der Waals surface area contributed by atoms with Crippen LogP contribution >= 0.6 is 11.6 Å². The molecule has 1 aromatic rings. The predicted molar refractivity (Wildman–Crippen MR) is 96.9 cm³/mol. The molecule has 0 saturated carbocycles. The molecule has 1 atom stereocenters. The Balaban J connectivity index is 1.50. The average molecular weight is 366 g/mol. The van der Waals surface area contributed by atoms with E-state index in [4.69, 9.17) is 16.3 Å². The van der Waals surface area contributed by atoms with Crippen LogP contribution < -0.4 is 10.2 Å². The third-order valence-electron chi connectivity index (χ3n) is 4.79. The fourth-order valence-electron chi connectivity index (χ4n) is 3.19. The summed E-state index contributed by atoms with van der Waals surface area (Å²) >= 11 is 6.15. The Kier molecular flexibility index (Phi) is 5.93. The second kappa shape index (κ2) is 8.17. The van der Waals surface area contributed by atoms with Crippen LogP contribution in [0.1, 0.15) is 12.0 Å². The molecular formula is C18H24ClN3O3. The number of anilines is 1. The van der Waals surface area contributed by atoms with Crippen molar-refractivity contribution < 1.29 is 14.3 Å². The number of nitrogens with zero attached hydrogens (tertiary/aromatic N) is 2. The molecule has 2 aliphatic rings. The normalized spacial score (nSPS) is 21.6. The number of morpholine rings is 1. The number of nitrogens with one attached hydrogen (secondary N) is 1. The maximum Gasteiger partial charge on any atom is 0.227 e. The van der Waals surface area contributed by atoms with Gasteiger partial charge in [-0.2, -0.15) is 0 Å². The van der Waals surface area contributed by atoms with Crippen LogP contribution in [0, 0.1) is 12.8 Å². The molecule has 0 spiro atoms. The Bertz CT molecular complexity index is 646. The van der Waals surface area contributed by atoms with E-state index >= 15 is 0 Å². The zero-order valence-electron chi connectivity index (χ0n) is 14.5. The summed E-state index contributed by atoms with van der Waals surface area (Å²) in [4.78, 5) is 28.6. The monoisotopic (exact) mass is 365 g/mol. The van der Waals surface area contributed by atoms with Crippen molar-refractivity contribution >= 4 is 29.1 Å². The molecule has 2 heterocycles. The second-order valence-electron chi connectivity index (χ2n) is 6.58. The third-order valence-corrected chi connectivity index (χ3v) is 5.20. The highest BCUT2D eigenvalue weighted by molar-refractivity contribution is 6.31. The standard InChI is InChI=1S/C18H24ClN3O3/c1-13-2-3-15(11-16(13)19)22-12-14(10-17(22)23)18(24)20-4-5-21-6-8-25-9-7-21/h2-3,11,14H,4-10,12H2,1H3,(H,20,24)/t14-/m0/s1. The number of carbonyl (C=O) groups excluding carboxylic acids is 2. The lowest BCUT2D eigenvalue weighted by atomic mass is 10.1. The minimum Gasteiger partial charge on any atom is -0.379 e. The van der Waals surface area contributed by atoms with E-state index < -0.39 is 0 Å². The number of ether oxygens (including phenoxy) is 1. The quantitative estimate of drug-likeness (QED) is 0.858. The zero-order chi connectivity index (χ0) is 17.8. The van der Waals surface area contributed by atoms with Gasteiger partial charge >= 0.3 is 0 Å². The van der Waals surface area contributed by atoms with Gasteiger partial charge in [0, 0.05) is 49.9 Å². The molecule has 2 aliphatic heterocycles. The lowest BCUT2D eigenvalue weighted by Gasteiger charge is -2.26. The first-order valence-corrected chi connectivity index (χ1v) is 9.06. The molecule has 0 aliphatic carbocycles. The molecule has 136 valence electrons. The van der Waals surface area contributed by atoms with Crippen molar-refractivity contribution in [3.63, 3.8) is 0 Å². The number of halogens is 1. The van der Waals surface area contributed by atoms with Gasteiger partial charge in [-0.25, -0.2) is 0 Å². The molecule has 1 aromatic carbocycles. The summed E-state index contributed by atoms with van der Waals surface area (Å²) in [6.45, 7) is 7.04. The van der Waals surface area contributed by atoms with Gasteiger partial charge in [-0.3, -0.25) is 14.5 Å². The topological polar surface area (TPSA) is 61.9 Å². The molecule has 0 aromatic heterocycles. The smallest absolute Gasteiger partial charge is 0.227 e. The molecule has 7 heteroatoms. The van der Waals surface area contributed by atoms with Gasteiger partial charge in [-0.05, 0) is 24.6 Å². The van der Waals surface area contributed by atoms with E-state index in [2.05, 4.69) is 10.2 Å². The van der Waals surface area contributed by atoms with Crippen LogP contribution in [0.2, 0.25) is 5.02 Å². The number of aryl methyl sites for hydroxylation is 1. The summed E-state index contributed by atoms with van der Waals surface area (Å²) in [5.41, 5.74) is 1.72. The van der Waals surface area contributed by atoms with Gasteiger partial charge in [-0.15, -0.1) is 0 Å². The van der Waals surface area contributed by atoms with Gasteiger partial charge in [0.05, 0.1) is 19.1 Å². The van der Waals surface area contributed by atoms with Crippen molar-refractivity contribution in [2.75, 3.05) is 50.8 Å². The second-order valence-corrected chi connectivity index (χ2v) is 6.99. The first-order valence-electron chi connectivity index (χ1n) is 8.69. The SMILES string of the molecule is Cc1ccc(N2C[C@@H](C(=O)NCCN3CCOCC3)CC2=O)cc1Cl. The predicted octanol–water partition coefficient (Wildman–Crippen LogP) is 1.45. The summed E-state index contributed by atoms with van der Waals surface area (Å²) < 4.78 is 5.31. The molecule has 1 N–H and O–H groups in total. The highest BCUT2D eigenvalue weighted by Gasteiger charge is 2.35. The first-order chi connectivity index (χ1) is 12.0. The molecule has 2 saturated heterocycles. The summed E-state index contributed by atoms with van der Waals surface area (Å²) in [6, 6.07) is 5.55. The number of benzene rings is 1. The lowest BCUT2D eigenvalue weighted by Crippen LogP contribution is -2.42. The zero-order valence-corrected chi connectivity index (χ0v) is 15.2. The first kappa shape index (κ1) is 18.2. The largest absolute Gasteiger partial charge is 0.379 e. The van der Waals surface area contributed by atoms with Crippen molar-refractivity contribution in [3.8, 4) is 0 Å². The van der Waals surface area contributed by atoms with E-state index in [9.17, 15) is 9.59 Å². The van der Waals surface area contributed by atoms with Gasteiger partial charge in [-0.1, -0.05) is 17.7 Å². The van der Waals surface area contributed by atoms with Crippen LogP contribution in [-0.4, -0.2) is 62.7 Å². The number of hydrogen-bond donors (Lipinski definition) is 1. The van der Waals surface area contributed by atoms with Gasteiger partial charge in [0.25, 0.3) is 0 Å². The Morgan fingerprint density at radius 3 is 2.84 bits per heavy atom. The minimum atomic E-state index is -0.308. The highest BCUT2D eigenvalue weighted by atomic mass is 35.5. The molecule has 0 unspecified atom stereocenters. The Morgan fingerprint density at radius 1 is 1.36 bits per heavy atom. The van der Waals surface area contributed by atoms with Crippen LogP contribution in [0.3, 0.4) is 0 Å². The Labute approximate surface area is 153 Å². The molecular weight excluding hydrogens is 342 g/mol. The van der Waals surface area contributed by atoms with E-state index in [1.807, 2.05) is 19.1 Å². The van der Waals surface area contributed by atoms with Crippen molar-refractivity contribution in [1.82, 2.24) is 10.2 Å². The van der Waals surface area contributed by atoms with E-state index in [0.29, 0.717) is 18.1 Å². The van der Waals surface area contributed by atoms with Gasteiger partial charge in [0.15, 0.2) is 0 Å². The van der Waals surface area contributed by atoms with E-state index in [-0.39, 0.29) is 24.2 Å².